The molecule has 2 heterocycles. The molecule has 1 aliphatic rings. The van der Waals surface area contributed by atoms with Gasteiger partial charge in [-0.1, -0.05) is 13.8 Å². The summed E-state index contributed by atoms with van der Waals surface area (Å²) in [6.07, 6.45) is 3.34. The number of nitrogens with one attached hydrogen (secondary N) is 1. The zero-order chi connectivity index (χ0) is 17.7. The van der Waals surface area contributed by atoms with Gasteiger partial charge in [0, 0.05) is 19.0 Å². The standard InChI is InChI=1S/C16H23N3O5/c1-3-10(2)15(21)19-6-4-5-11(8-19)14(20)17-7-13-18-12(9-24-13)16(22)23/h9-11H,3-8H2,1-2H3,(H,17,20)(H,22,23). The smallest absolute Gasteiger partial charge is 0.357 e. The number of piperidine rings is 1. The molecule has 2 N–H and O–H groups in total. The topological polar surface area (TPSA) is 113 Å². The van der Waals surface area contributed by atoms with Crippen LogP contribution in [0.1, 0.15) is 49.5 Å². The van der Waals surface area contributed by atoms with E-state index in [2.05, 4.69) is 10.3 Å². The minimum atomic E-state index is -1.18. The van der Waals surface area contributed by atoms with Crippen molar-refractivity contribution in [3.05, 3.63) is 17.8 Å². The Morgan fingerprint density at radius 1 is 1.50 bits per heavy atom. The summed E-state index contributed by atoms with van der Waals surface area (Å²) in [5, 5.41) is 11.5. The van der Waals surface area contributed by atoms with Crippen LogP contribution in [0.2, 0.25) is 0 Å². The first-order chi connectivity index (χ1) is 11.4. The Bertz CT molecular complexity index is 613. The molecule has 1 aromatic rings. The Morgan fingerprint density at radius 2 is 2.25 bits per heavy atom. The third kappa shape index (κ3) is 4.33. The number of hydrogen-bond acceptors (Lipinski definition) is 5. The van der Waals surface area contributed by atoms with Crippen LogP contribution in [0.5, 0.6) is 0 Å². The molecule has 1 fully saturated rings. The van der Waals surface area contributed by atoms with Crippen LogP contribution in [0, 0.1) is 11.8 Å². The van der Waals surface area contributed by atoms with E-state index < -0.39 is 5.97 Å². The number of carbonyl (C=O) groups excluding carboxylic acids is 2. The molecule has 8 nitrogen and oxygen atoms in total. The van der Waals surface area contributed by atoms with Gasteiger partial charge in [-0.25, -0.2) is 9.78 Å². The van der Waals surface area contributed by atoms with Crippen LogP contribution in [0.15, 0.2) is 10.7 Å². The molecule has 1 aromatic heterocycles. The normalized spacial score (nSPS) is 18.9. The van der Waals surface area contributed by atoms with E-state index >= 15 is 0 Å². The largest absolute Gasteiger partial charge is 0.476 e. The first-order valence-corrected chi connectivity index (χ1v) is 8.16. The number of rotatable bonds is 6. The van der Waals surface area contributed by atoms with Gasteiger partial charge in [-0.05, 0) is 19.3 Å². The van der Waals surface area contributed by atoms with Gasteiger partial charge >= 0.3 is 5.97 Å². The average molecular weight is 337 g/mol. The third-order valence-electron chi connectivity index (χ3n) is 4.32. The van der Waals surface area contributed by atoms with E-state index in [9.17, 15) is 14.4 Å². The lowest BCUT2D eigenvalue weighted by Gasteiger charge is -2.33. The Hall–Kier alpha value is -2.38. The summed E-state index contributed by atoms with van der Waals surface area (Å²) < 4.78 is 5.00. The number of amides is 2. The number of oxazole rings is 1. The molecule has 2 amide bonds. The Morgan fingerprint density at radius 3 is 2.88 bits per heavy atom. The molecular formula is C16H23N3O5. The van der Waals surface area contributed by atoms with Crippen LogP contribution in [0.25, 0.3) is 0 Å². The van der Waals surface area contributed by atoms with Crippen molar-refractivity contribution in [2.45, 2.75) is 39.7 Å². The number of aromatic nitrogens is 1. The summed E-state index contributed by atoms with van der Waals surface area (Å²) in [6, 6.07) is 0. The molecule has 24 heavy (non-hydrogen) atoms. The predicted octanol–water partition coefficient (Wildman–Crippen LogP) is 1.27. The minimum absolute atomic E-state index is 0.0297. The third-order valence-corrected chi connectivity index (χ3v) is 4.32. The molecule has 2 unspecified atom stereocenters. The van der Waals surface area contributed by atoms with E-state index in [1.54, 1.807) is 4.90 Å². The number of likely N-dealkylation sites (tertiary alicyclic amines) is 1. The molecule has 0 spiro atoms. The Labute approximate surface area is 140 Å². The average Bonchev–Trinajstić information content (AvgIpc) is 3.07. The van der Waals surface area contributed by atoms with Crippen molar-refractivity contribution in [3.63, 3.8) is 0 Å². The lowest BCUT2D eigenvalue weighted by Crippen LogP contribution is -2.46. The van der Waals surface area contributed by atoms with Gasteiger partial charge in [0.2, 0.25) is 17.7 Å². The van der Waals surface area contributed by atoms with E-state index in [0.717, 1.165) is 25.5 Å². The van der Waals surface area contributed by atoms with Crippen LogP contribution >= 0.6 is 0 Å². The fourth-order valence-electron chi connectivity index (χ4n) is 2.67. The lowest BCUT2D eigenvalue weighted by atomic mass is 9.95. The summed E-state index contributed by atoms with van der Waals surface area (Å²) in [6.45, 7) is 5.00. The second kappa shape index (κ2) is 7.94. The summed E-state index contributed by atoms with van der Waals surface area (Å²) in [5.41, 5.74) is -0.192. The highest BCUT2D eigenvalue weighted by molar-refractivity contribution is 5.85. The molecule has 2 rings (SSSR count). The molecule has 0 saturated carbocycles. The van der Waals surface area contributed by atoms with Gasteiger partial charge in [0.15, 0.2) is 5.69 Å². The van der Waals surface area contributed by atoms with E-state index in [4.69, 9.17) is 9.52 Å². The van der Waals surface area contributed by atoms with Crippen LogP contribution in [-0.4, -0.2) is 45.9 Å². The van der Waals surface area contributed by atoms with Crippen LogP contribution in [0.3, 0.4) is 0 Å². The summed E-state index contributed by atoms with van der Waals surface area (Å²) in [5.74, 6) is -1.42. The zero-order valence-electron chi connectivity index (χ0n) is 13.9. The van der Waals surface area contributed by atoms with E-state index in [0.29, 0.717) is 13.1 Å². The van der Waals surface area contributed by atoms with Gasteiger partial charge in [0.05, 0.1) is 12.5 Å². The van der Waals surface area contributed by atoms with Gasteiger partial charge in [0.1, 0.15) is 6.26 Å². The quantitative estimate of drug-likeness (QED) is 0.808. The van der Waals surface area contributed by atoms with Gasteiger partial charge < -0.3 is 19.7 Å². The summed E-state index contributed by atoms with van der Waals surface area (Å²) in [4.78, 5) is 40.8. The minimum Gasteiger partial charge on any atom is -0.476 e. The zero-order valence-corrected chi connectivity index (χ0v) is 13.9. The van der Waals surface area contributed by atoms with Crippen LogP contribution in [0.4, 0.5) is 0 Å². The molecular weight excluding hydrogens is 314 g/mol. The second-order valence-corrected chi connectivity index (χ2v) is 6.08. The maximum Gasteiger partial charge on any atom is 0.357 e. The summed E-state index contributed by atoms with van der Waals surface area (Å²) in [7, 11) is 0. The number of nitrogens with zero attached hydrogens (tertiary/aromatic N) is 2. The fourth-order valence-corrected chi connectivity index (χ4v) is 2.67. The van der Waals surface area contributed by atoms with Crippen molar-refractivity contribution >= 4 is 17.8 Å². The molecule has 1 aliphatic heterocycles. The van der Waals surface area contributed by atoms with Gasteiger partial charge in [-0.3, -0.25) is 9.59 Å². The van der Waals surface area contributed by atoms with Crippen molar-refractivity contribution in [1.82, 2.24) is 15.2 Å². The highest BCUT2D eigenvalue weighted by atomic mass is 16.4. The van der Waals surface area contributed by atoms with Crippen molar-refractivity contribution in [1.29, 1.82) is 0 Å². The van der Waals surface area contributed by atoms with Crippen LogP contribution in [-0.2, 0) is 16.1 Å². The molecule has 132 valence electrons. The molecule has 1 saturated heterocycles. The summed E-state index contributed by atoms with van der Waals surface area (Å²) >= 11 is 0. The van der Waals surface area contributed by atoms with Crippen molar-refractivity contribution in [2.24, 2.45) is 11.8 Å². The van der Waals surface area contributed by atoms with E-state index in [1.165, 1.54) is 0 Å². The van der Waals surface area contributed by atoms with E-state index in [-0.39, 0.29) is 41.8 Å². The number of carboxylic acid groups (broad SMARTS) is 1. The Kier molecular flexibility index (Phi) is 5.94. The number of aromatic carboxylic acids is 1. The second-order valence-electron chi connectivity index (χ2n) is 6.08. The molecule has 8 heteroatoms. The molecule has 0 radical (unpaired) electrons. The van der Waals surface area contributed by atoms with Gasteiger partial charge in [-0.15, -0.1) is 0 Å². The van der Waals surface area contributed by atoms with Crippen LogP contribution < -0.4 is 5.32 Å². The predicted molar refractivity (Wildman–Crippen MR) is 84.1 cm³/mol. The first kappa shape index (κ1) is 18.0. The lowest BCUT2D eigenvalue weighted by molar-refractivity contribution is -0.139. The number of hydrogen-bond donors (Lipinski definition) is 2. The maximum atomic E-state index is 12.3. The molecule has 0 aliphatic carbocycles. The van der Waals surface area contributed by atoms with Gasteiger partial charge in [-0.2, -0.15) is 0 Å². The van der Waals surface area contributed by atoms with E-state index in [1.807, 2.05) is 13.8 Å². The molecule has 0 bridgehead atoms. The van der Waals surface area contributed by atoms with Crippen molar-refractivity contribution in [3.8, 4) is 0 Å². The molecule has 0 aromatic carbocycles. The SMILES string of the molecule is CCC(C)C(=O)N1CCCC(C(=O)NCc2nc(C(=O)O)co2)C1. The highest BCUT2D eigenvalue weighted by Gasteiger charge is 2.30. The first-order valence-electron chi connectivity index (χ1n) is 8.16. The fraction of sp³-hybridized carbons (Fsp3) is 0.625. The number of carbonyl (C=O) groups is 3. The van der Waals surface area contributed by atoms with Gasteiger partial charge in [0.25, 0.3) is 0 Å². The van der Waals surface area contributed by atoms with Crippen molar-refractivity contribution in [2.75, 3.05) is 13.1 Å². The maximum absolute atomic E-state index is 12.3. The molecule has 2 atom stereocenters. The Balaban J connectivity index is 1.87. The number of carboxylic acids is 1. The monoisotopic (exact) mass is 337 g/mol. The van der Waals surface area contributed by atoms with Crippen molar-refractivity contribution < 1.29 is 23.9 Å². The highest BCUT2D eigenvalue weighted by Crippen LogP contribution is 2.19.